The fourth-order valence-corrected chi connectivity index (χ4v) is 2.50. The minimum absolute atomic E-state index is 0.170. The van der Waals surface area contributed by atoms with E-state index < -0.39 is 0 Å². The maximum absolute atomic E-state index is 11.4. The number of benzene rings is 1. The molecule has 18 heavy (non-hydrogen) atoms. The number of aryl methyl sites for hydroxylation is 1. The molecule has 2 heterocycles. The van der Waals surface area contributed by atoms with Crippen LogP contribution in [0.15, 0.2) is 12.1 Å². The Labute approximate surface area is 105 Å². The number of aromatic nitrogens is 1. The molecule has 0 N–H and O–H groups in total. The zero-order chi connectivity index (χ0) is 12.9. The lowest BCUT2D eigenvalue weighted by Gasteiger charge is -2.00. The van der Waals surface area contributed by atoms with E-state index >= 15 is 0 Å². The maximum atomic E-state index is 11.4. The number of ether oxygens (including phenoxy) is 2. The van der Waals surface area contributed by atoms with Crippen LogP contribution in [-0.4, -0.2) is 17.1 Å². The first-order valence-electron chi connectivity index (χ1n) is 5.95. The van der Waals surface area contributed by atoms with Gasteiger partial charge in [-0.3, -0.25) is 4.79 Å². The molecule has 4 nitrogen and oxygen atoms in total. The van der Waals surface area contributed by atoms with Gasteiger partial charge in [0.1, 0.15) is 5.78 Å². The summed E-state index contributed by atoms with van der Waals surface area (Å²) < 4.78 is 12.9. The van der Waals surface area contributed by atoms with Crippen molar-refractivity contribution in [2.45, 2.75) is 20.3 Å². The number of hydrogen-bond acceptors (Lipinski definition) is 3. The minimum atomic E-state index is 0.170. The Hall–Kier alpha value is -1.97. The summed E-state index contributed by atoms with van der Waals surface area (Å²) in [4.78, 5) is 11.4. The average Bonchev–Trinajstić information content (AvgIpc) is 2.86. The van der Waals surface area contributed by atoms with Crippen LogP contribution in [0.1, 0.15) is 18.2 Å². The SMILES string of the molecule is CC(=O)Cc1c(C)n(C)c2cc3c(cc12)OCO3. The number of carbonyl (C=O) groups excluding carboxylic acids is 1. The van der Waals surface area contributed by atoms with Crippen LogP contribution in [0.4, 0.5) is 0 Å². The molecule has 0 radical (unpaired) electrons. The summed E-state index contributed by atoms with van der Waals surface area (Å²) in [6, 6.07) is 3.96. The molecule has 94 valence electrons. The van der Waals surface area contributed by atoms with Gasteiger partial charge in [-0.25, -0.2) is 0 Å². The number of nitrogens with zero attached hydrogens (tertiary/aromatic N) is 1. The molecule has 0 unspecified atom stereocenters. The molecule has 0 amide bonds. The summed E-state index contributed by atoms with van der Waals surface area (Å²) in [6.07, 6.45) is 0.461. The van der Waals surface area contributed by atoms with Gasteiger partial charge in [0, 0.05) is 30.6 Å². The molecule has 1 aromatic carbocycles. The van der Waals surface area contributed by atoms with Crippen molar-refractivity contribution < 1.29 is 14.3 Å². The zero-order valence-corrected chi connectivity index (χ0v) is 10.7. The molecule has 2 aromatic rings. The number of fused-ring (bicyclic) bond motifs is 2. The van der Waals surface area contributed by atoms with Gasteiger partial charge in [0.25, 0.3) is 0 Å². The second-order valence-corrected chi connectivity index (χ2v) is 4.72. The summed E-state index contributed by atoms with van der Waals surface area (Å²) in [5.74, 6) is 1.71. The van der Waals surface area contributed by atoms with E-state index in [1.54, 1.807) is 6.92 Å². The van der Waals surface area contributed by atoms with Crippen molar-refractivity contribution in [1.82, 2.24) is 4.57 Å². The van der Waals surface area contributed by atoms with Gasteiger partial charge in [0.2, 0.25) is 6.79 Å². The van der Waals surface area contributed by atoms with Gasteiger partial charge in [0.05, 0.1) is 5.52 Å². The van der Waals surface area contributed by atoms with Crippen molar-refractivity contribution in [1.29, 1.82) is 0 Å². The number of Topliss-reactive ketones (excluding diaryl/α,β-unsaturated/α-hetero) is 1. The van der Waals surface area contributed by atoms with Crippen LogP contribution in [0.5, 0.6) is 11.5 Å². The first-order valence-corrected chi connectivity index (χ1v) is 5.95. The van der Waals surface area contributed by atoms with E-state index in [9.17, 15) is 4.79 Å². The smallest absolute Gasteiger partial charge is 0.231 e. The molecule has 3 rings (SSSR count). The molecule has 0 bridgehead atoms. The molecule has 0 atom stereocenters. The fourth-order valence-electron chi connectivity index (χ4n) is 2.50. The van der Waals surface area contributed by atoms with Crippen LogP contribution in [0.2, 0.25) is 0 Å². The average molecular weight is 245 g/mol. The molecule has 0 saturated carbocycles. The Kier molecular flexibility index (Phi) is 2.33. The third kappa shape index (κ3) is 1.49. The predicted octanol–water partition coefficient (Wildman–Crippen LogP) is 2.35. The first kappa shape index (κ1) is 11.1. The quantitative estimate of drug-likeness (QED) is 0.815. The second-order valence-electron chi connectivity index (χ2n) is 4.72. The van der Waals surface area contributed by atoms with Gasteiger partial charge in [-0.15, -0.1) is 0 Å². The summed E-state index contributed by atoms with van der Waals surface area (Å²) in [5, 5.41) is 1.08. The molecule has 0 saturated heterocycles. The first-order chi connectivity index (χ1) is 8.58. The number of carbonyl (C=O) groups is 1. The highest BCUT2D eigenvalue weighted by atomic mass is 16.7. The second kappa shape index (κ2) is 3.77. The minimum Gasteiger partial charge on any atom is -0.454 e. The van der Waals surface area contributed by atoms with Crippen molar-refractivity contribution in [2.24, 2.45) is 7.05 Å². The summed E-state index contributed by atoms with van der Waals surface area (Å²) in [6.45, 7) is 3.92. The fraction of sp³-hybridized carbons (Fsp3) is 0.357. The molecule has 4 heteroatoms. The van der Waals surface area contributed by atoms with E-state index in [-0.39, 0.29) is 12.6 Å². The normalized spacial score (nSPS) is 13.3. The Morgan fingerprint density at radius 1 is 1.33 bits per heavy atom. The van der Waals surface area contributed by atoms with E-state index in [0.717, 1.165) is 33.7 Å². The summed E-state index contributed by atoms with van der Waals surface area (Å²) in [5.41, 5.74) is 3.27. The van der Waals surface area contributed by atoms with Crippen molar-refractivity contribution in [3.05, 3.63) is 23.4 Å². The van der Waals surface area contributed by atoms with E-state index in [1.807, 2.05) is 26.1 Å². The highest BCUT2D eigenvalue weighted by Crippen LogP contribution is 2.38. The number of ketones is 1. The van der Waals surface area contributed by atoms with Gasteiger partial charge in [-0.2, -0.15) is 0 Å². The Morgan fingerprint density at radius 3 is 2.67 bits per heavy atom. The Bertz CT molecular complexity index is 655. The molecule has 1 aliphatic rings. The van der Waals surface area contributed by atoms with E-state index in [0.29, 0.717) is 6.42 Å². The van der Waals surface area contributed by atoms with Crippen molar-refractivity contribution in [3.8, 4) is 11.5 Å². The van der Waals surface area contributed by atoms with Gasteiger partial charge >= 0.3 is 0 Å². The summed E-state index contributed by atoms with van der Waals surface area (Å²) >= 11 is 0. The zero-order valence-electron chi connectivity index (χ0n) is 10.7. The van der Waals surface area contributed by atoms with Crippen molar-refractivity contribution in [2.75, 3.05) is 6.79 Å². The molecular weight excluding hydrogens is 230 g/mol. The van der Waals surface area contributed by atoms with Gasteiger partial charge in [-0.1, -0.05) is 0 Å². The van der Waals surface area contributed by atoms with Crippen LogP contribution in [-0.2, 0) is 18.3 Å². The molecule has 0 fully saturated rings. The van der Waals surface area contributed by atoms with Crippen LogP contribution in [0.3, 0.4) is 0 Å². The molecule has 0 aliphatic carbocycles. The third-order valence-electron chi connectivity index (χ3n) is 3.54. The standard InChI is InChI=1S/C14H15NO3/c1-8(16)4-10-9(2)15(3)12-6-14-13(5-11(10)12)17-7-18-14/h5-6H,4,7H2,1-3H3. The lowest BCUT2D eigenvalue weighted by Crippen LogP contribution is -1.99. The van der Waals surface area contributed by atoms with Crippen LogP contribution >= 0.6 is 0 Å². The Morgan fingerprint density at radius 2 is 2.00 bits per heavy atom. The van der Waals surface area contributed by atoms with Crippen LogP contribution in [0, 0.1) is 6.92 Å². The number of rotatable bonds is 2. The maximum Gasteiger partial charge on any atom is 0.231 e. The lowest BCUT2D eigenvalue weighted by molar-refractivity contribution is -0.116. The van der Waals surface area contributed by atoms with Crippen LogP contribution < -0.4 is 9.47 Å². The molecular formula is C14H15NO3. The molecule has 0 spiro atoms. The highest BCUT2D eigenvalue weighted by molar-refractivity contribution is 5.92. The number of hydrogen-bond donors (Lipinski definition) is 0. The van der Waals surface area contributed by atoms with E-state index in [4.69, 9.17) is 9.47 Å². The Balaban J connectivity index is 2.29. The van der Waals surface area contributed by atoms with Crippen molar-refractivity contribution >= 4 is 16.7 Å². The summed E-state index contributed by atoms with van der Waals surface area (Å²) in [7, 11) is 2.00. The van der Waals surface area contributed by atoms with Crippen molar-refractivity contribution in [3.63, 3.8) is 0 Å². The van der Waals surface area contributed by atoms with E-state index in [1.165, 1.54) is 0 Å². The molecule has 1 aromatic heterocycles. The predicted molar refractivity (Wildman–Crippen MR) is 68.2 cm³/mol. The lowest BCUT2D eigenvalue weighted by atomic mass is 10.1. The van der Waals surface area contributed by atoms with Gasteiger partial charge in [-0.05, 0) is 25.5 Å². The van der Waals surface area contributed by atoms with Gasteiger partial charge < -0.3 is 14.0 Å². The van der Waals surface area contributed by atoms with E-state index in [2.05, 4.69) is 4.57 Å². The monoisotopic (exact) mass is 245 g/mol. The van der Waals surface area contributed by atoms with Gasteiger partial charge in [0.15, 0.2) is 11.5 Å². The van der Waals surface area contributed by atoms with Crippen LogP contribution in [0.25, 0.3) is 10.9 Å². The topological polar surface area (TPSA) is 40.5 Å². The third-order valence-corrected chi connectivity index (χ3v) is 3.54. The largest absolute Gasteiger partial charge is 0.454 e. The highest BCUT2D eigenvalue weighted by Gasteiger charge is 2.20. The molecule has 1 aliphatic heterocycles.